The van der Waals surface area contributed by atoms with Crippen molar-refractivity contribution in [3.05, 3.63) is 57.7 Å². The molecule has 0 aliphatic rings. The average molecular weight is 296 g/mol. The number of rotatable bonds is 4. The summed E-state index contributed by atoms with van der Waals surface area (Å²) in [6.45, 7) is 15.2. The van der Waals surface area contributed by atoms with Crippen LogP contribution in [-0.4, -0.2) is 9.97 Å². The molecular weight excluding hydrogens is 268 g/mol. The predicted molar refractivity (Wildman–Crippen MR) is 93.7 cm³/mol. The molecule has 0 amide bonds. The normalized spacial score (nSPS) is 11.5. The molecule has 0 saturated heterocycles. The van der Waals surface area contributed by atoms with Gasteiger partial charge < -0.3 is 0 Å². The Morgan fingerprint density at radius 3 is 2.05 bits per heavy atom. The maximum absolute atomic E-state index is 4.76. The number of aromatic nitrogens is 2. The molecule has 0 aromatic carbocycles. The molecule has 0 saturated carbocycles. The molecule has 2 heteroatoms. The predicted octanol–water partition coefficient (Wildman–Crippen LogP) is 5.24. The fourth-order valence-corrected chi connectivity index (χ4v) is 3.05. The fraction of sp³-hybridized carbons (Fsp3) is 0.500. The molecule has 2 aromatic rings. The smallest absolute Gasteiger partial charge is 0.0411 e. The molecule has 0 aliphatic heterocycles. The third-order valence-corrected chi connectivity index (χ3v) is 4.33. The molecule has 0 N–H and O–H groups in total. The summed E-state index contributed by atoms with van der Waals surface area (Å²) < 4.78 is 0. The van der Waals surface area contributed by atoms with E-state index in [0.717, 1.165) is 23.5 Å². The van der Waals surface area contributed by atoms with Crippen molar-refractivity contribution >= 4 is 0 Å². The Hall–Kier alpha value is -1.70. The van der Waals surface area contributed by atoms with Crippen molar-refractivity contribution in [1.82, 2.24) is 9.97 Å². The lowest BCUT2D eigenvalue weighted by atomic mass is 9.91. The summed E-state index contributed by atoms with van der Waals surface area (Å²) in [6.07, 6.45) is 2.96. The summed E-state index contributed by atoms with van der Waals surface area (Å²) in [6, 6.07) is 4.56. The second kappa shape index (κ2) is 6.60. The van der Waals surface area contributed by atoms with Gasteiger partial charge in [0.1, 0.15) is 0 Å². The molecule has 2 nitrogen and oxygen atoms in total. The molecular formula is C20H28N2. The fourth-order valence-electron chi connectivity index (χ4n) is 3.05. The van der Waals surface area contributed by atoms with Crippen molar-refractivity contribution in [2.45, 2.75) is 66.7 Å². The molecule has 0 atom stereocenters. The van der Waals surface area contributed by atoms with Crippen LogP contribution in [0.4, 0.5) is 0 Å². The lowest BCUT2D eigenvalue weighted by Crippen LogP contribution is -2.05. The maximum Gasteiger partial charge on any atom is 0.0411 e. The Bertz CT molecular complexity index is 670. The molecule has 0 unspecified atom stereocenters. The minimum Gasteiger partial charge on any atom is -0.261 e. The van der Waals surface area contributed by atoms with Crippen molar-refractivity contribution in [3.8, 4) is 0 Å². The van der Waals surface area contributed by atoms with Gasteiger partial charge in [0.15, 0.2) is 0 Å². The van der Waals surface area contributed by atoms with Gasteiger partial charge in [-0.1, -0.05) is 33.8 Å². The first-order valence-electron chi connectivity index (χ1n) is 8.22. The van der Waals surface area contributed by atoms with E-state index in [1.807, 2.05) is 6.20 Å². The van der Waals surface area contributed by atoms with Gasteiger partial charge >= 0.3 is 0 Å². The number of nitrogens with zero attached hydrogens (tertiary/aromatic N) is 2. The van der Waals surface area contributed by atoms with E-state index in [2.05, 4.69) is 65.6 Å². The van der Waals surface area contributed by atoms with Crippen LogP contribution in [0.1, 0.15) is 78.9 Å². The Kier molecular flexibility index (Phi) is 5.00. The largest absolute Gasteiger partial charge is 0.261 e. The maximum atomic E-state index is 4.76. The van der Waals surface area contributed by atoms with Gasteiger partial charge in [0, 0.05) is 29.7 Å². The van der Waals surface area contributed by atoms with Crippen LogP contribution in [0, 0.1) is 20.8 Å². The van der Waals surface area contributed by atoms with Gasteiger partial charge in [-0.25, -0.2) is 0 Å². The lowest BCUT2D eigenvalue weighted by molar-refractivity contribution is 0.821. The van der Waals surface area contributed by atoms with E-state index in [-0.39, 0.29) is 0 Å². The van der Waals surface area contributed by atoms with Crippen molar-refractivity contribution < 1.29 is 0 Å². The summed E-state index contributed by atoms with van der Waals surface area (Å²) in [7, 11) is 0. The first-order valence-corrected chi connectivity index (χ1v) is 8.22. The molecule has 0 aliphatic carbocycles. The number of hydrogen-bond acceptors (Lipinski definition) is 2. The van der Waals surface area contributed by atoms with Gasteiger partial charge in [0.05, 0.1) is 0 Å². The molecule has 0 fully saturated rings. The van der Waals surface area contributed by atoms with E-state index in [1.54, 1.807) is 0 Å². The second-order valence-electron chi connectivity index (χ2n) is 6.92. The lowest BCUT2D eigenvalue weighted by Gasteiger charge is -2.17. The number of hydrogen-bond donors (Lipinski definition) is 0. The summed E-state index contributed by atoms with van der Waals surface area (Å²) in [5.74, 6) is 1.02. The molecule has 0 spiro atoms. The third kappa shape index (κ3) is 3.55. The first kappa shape index (κ1) is 16.7. The van der Waals surface area contributed by atoms with Gasteiger partial charge in [-0.3, -0.25) is 9.97 Å². The molecule has 2 aromatic heterocycles. The van der Waals surface area contributed by atoms with E-state index in [0.29, 0.717) is 11.8 Å². The third-order valence-electron chi connectivity index (χ3n) is 4.33. The highest BCUT2D eigenvalue weighted by molar-refractivity contribution is 5.38. The Morgan fingerprint density at radius 1 is 0.818 bits per heavy atom. The van der Waals surface area contributed by atoms with Crippen LogP contribution in [0.15, 0.2) is 18.3 Å². The van der Waals surface area contributed by atoms with Crippen LogP contribution in [0.3, 0.4) is 0 Å². The van der Waals surface area contributed by atoms with Gasteiger partial charge in [-0.15, -0.1) is 0 Å². The van der Waals surface area contributed by atoms with Crippen LogP contribution in [0.2, 0.25) is 0 Å². The van der Waals surface area contributed by atoms with Crippen LogP contribution >= 0.6 is 0 Å². The average Bonchev–Trinajstić information content (AvgIpc) is 2.42. The van der Waals surface area contributed by atoms with E-state index >= 15 is 0 Å². The highest BCUT2D eigenvalue weighted by Gasteiger charge is 2.13. The van der Waals surface area contributed by atoms with Crippen LogP contribution < -0.4 is 0 Å². The summed E-state index contributed by atoms with van der Waals surface area (Å²) in [5, 5.41) is 0. The highest BCUT2D eigenvalue weighted by atomic mass is 14.7. The Balaban J connectivity index is 2.45. The van der Waals surface area contributed by atoms with Gasteiger partial charge in [0.2, 0.25) is 0 Å². The minimum absolute atomic E-state index is 0.507. The quantitative estimate of drug-likeness (QED) is 0.771. The Labute approximate surface area is 135 Å². The zero-order valence-corrected chi connectivity index (χ0v) is 15.0. The van der Waals surface area contributed by atoms with E-state index < -0.39 is 0 Å². The standard InChI is InChI=1S/C20H28N2/c1-12(2)19-10-17(15(6)22-16(19)7)9-18-11-21-14(5)8-20(18)13(3)4/h8,10-13H,9H2,1-7H3. The second-order valence-corrected chi connectivity index (χ2v) is 6.92. The first-order chi connectivity index (χ1) is 10.3. The van der Waals surface area contributed by atoms with Gasteiger partial charge in [0.25, 0.3) is 0 Å². The van der Waals surface area contributed by atoms with Crippen LogP contribution in [0.5, 0.6) is 0 Å². The van der Waals surface area contributed by atoms with Gasteiger partial charge in [-0.2, -0.15) is 0 Å². The monoisotopic (exact) mass is 296 g/mol. The number of pyridine rings is 2. The molecule has 118 valence electrons. The van der Waals surface area contributed by atoms with E-state index in [4.69, 9.17) is 4.98 Å². The topological polar surface area (TPSA) is 25.8 Å². The zero-order valence-electron chi connectivity index (χ0n) is 15.0. The highest BCUT2D eigenvalue weighted by Crippen LogP contribution is 2.26. The van der Waals surface area contributed by atoms with Gasteiger partial charge in [-0.05, 0) is 60.9 Å². The summed E-state index contributed by atoms with van der Waals surface area (Å²) in [5.41, 5.74) is 8.78. The summed E-state index contributed by atoms with van der Waals surface area (Å²) in [4.78, 5) is 9.27. The van der Waals surface area contributed by atoms with Crippen LogP contribution in [0.25, 0.3) is 0 Å². The van der Waals surface area contributed by atoms with Crippen molar-refractivity contribution in [2.24, 2.45) is 0 Å². The van der Waals surface area contributed by atoms with Crippen molar-refractivity contribution in [2.75, 3.05) is 0 Å². The molecule has 2 heterocycles. The molecule has 0 radical (unpaired) electrons. The van der Waals surface area contributed by atoms with Crippen LogP contribution in [-0.2, 0) is 6.42 Å². The number of aryl methyl sites for hydroxylation is 3. The minimum atomic E-state index is 0.507. The van der Waals surface area contributed by atoms with Crippen molar-refractivity contribution in [1.29, 1.82) is 0 Å². The van der Waals surface area contributed by atoms with Crippen molar-refractivity contribution in [3.63, 3.8) is 0 Å². The SMILES string of the molecule is Cc1cc(C(C)C)c(Cc2cc(C(C)C)c(C)nc2C)cn1. The molecule has 22 heavy (non-hydrogen) atoms. The molecule has 0 bridgehead atoms. The zero-order chi connectivity index (χ0) is 16.4. The summed E-state index contributed by atoms with van der Waals surface area (Å²) >= 11 is 0. The van der Waals surface area contributed by atoms with E-state index in [9.17, 15) is 0 Å². The Morgan fingerprint density at radius 2 is 1.45 bits per heavy atom. The van der Waals surface area contributed by atoms with E-state index in [1.165, 1.54) is 22.3 Å². The molecule has 2 rings (SSSR count).